The molecule has 4 rings (SSSR count). The average Bonchev–Trinajstić information content (AvgIpc) is 2.81. The number of para-hydroxylation sites is 1. The van der Waals surface area contributed by atoms with Crippen LogP contribution in [0, 0.1) is 5.82 Å². The first kappa shape index (κ1) is 23.5. The zero-order chi connectivity index (χ0) is 24.4. The first-order valence-corrected chi connectivity index (χ1v) is 11.3. The van der Waals surface area contributed by atoms with Gasteiger partial charge in [-0.15, -0.1) is 0 Å². The normalized spacial score (nSPS) is 11.9. The zero-order valence-corrected chi connectivity index (χ0v) is 19.4. The third-order valence-electron chi connectivity index (χ3n) is 4.99. The maximum Gasteiger partial charge on any atom is 0.266 e. The highest BCUT2D eigenvalue weighted by molar-refractivity contribution is 8.00. The Morgan fingerprint density at radius 1 is 1.12 bits per heavy atom. The number of halogens is 2. The van der Waals surface area contributed by atoms with E-state index in [9.17, 15) is 18.8 Å². The quantitative estimate of drug-likeness (QED) is 0.304. The summed E-state index contributed by atoms with van der Waals surface area (Å²) in [5.74, 6) is -1.53. The molecule has 0 saturated carbocycles. The van der Waals surface area contributed by atoms with Crippen molar-refractivity contribution < 1.29 is 14.0 Å². The Balaban J connectivity index is 1.68. The van der Waals surface area contributed by atoms with Crippen LogP contribution in [-0.2, 0) is 4.79 Å². The van der Waals surface area contributed by atoms with Crippen LogP contribution < -0.4 is 16.6 Å². The number of nitrogens with zero attached hydrogens (tertiary/aromatic N) is 2. The minimum absolute atomic E-state index is 0.140. The van der Waals surface area contributed by atoms with Gasteiger partial charge in [0.1, 0.15) is 5.82 Å². The molecule has 0 radical (unpaired) electrons. The molecule has 0 fully saturated rings. The summed E-state index contributed by atoms with van der Waals surface area (Å²) in [7, 11) is 0. The minimum Gasteiger partial charge on any atom is -0.366 e. The Morgan fingerprint density at radius 3 is 2.50 bits per heavy atom. The lowest BCUT2D eigenvalue weighted by Gasteiger charge is -2.17. The monoisotopic (exact) mass is 496 g/mol. The van der Waals surface area contributed by atoms with Crippen LogP contribution in [0.25, 0.3) is 16.6 Å². The molecule has 1 atom stereocenters. The SMILES string of the molecule is C[C@@H](Sc1nc2ccccc2c(=O)n1-c1ccc(F)c(Cl)c1)C(=O)Nc1ccc(C(N)=O)cc1. The summed E-state index contributed by atoms with van der Waals surface area (Å²) in [5.41, 5.74) is 6.46. The second-order valence-corrected chi connectivity index (χ2v) is 9.06. The molecule has 0 unspecified atom stereocenters. The molecule has 34 heavy (non-hydrogen) atoms. The average molecular weight is 497 g/mol. The summed E-state index contributed by atoms with van der Waals surface area (Å²) < 4.78 is 15.1. The molecule has 172 valence electrons. The van der Waals surface area contributed by atoms with Crippen LogP contribution in [0.5, 0.6) is 0 Å². The Bertz CT molecular complexity index is 1470. The van der Waals surface area contributed by atoms with Gasteiger partial charge in [0, 0.05) is 11.3 Å². The van der Waals surface area contributed by atoms with Crippen LogP contribution in [0.2, 0.25) is 5.02 Å². The smallest absolute Gasteiger partial charge is 0.266 e. The van der Waals surface area contributed by atoms with E-state index in [-0.39, 0.29) is 21.6 Å². The highest BCUT2D eigenvalue weighted by Gasteiger charge is 2.21. The first-order chi connectivity index (χ1) is 16.2. The molecule has 7 nitrogen and oxygen atoms in total. The van der Waals surface area contributed by atoms with Crippen molar-refractivity contribution >= 4 is 51.8 Å². The predicted molar refractivity (Wildman–Crippen MR) is 131 cm³/mol. The van der Waals surface area contributed by atoms with Crippen LogP contribution in [-0.4, -0.2) is 26.6 Å². The van der Waals surface area contributed by atoms with Crippen LogP contribution in [0.15, 0.2) is 76.7 Å². The topological polar surface area (TPSA) is 107 Å². The van der Waals surface area contributed by atoms with E-state index in [0.29, 0.717) is 27.8 Å². The highest BCUT2D eigenvalue weighted by Crippen LogP contribution is 2.27. The molecule has 4 aromatic rings. The number of aromatic nitrogens is 2. The van der Waals surface area contributed by atoms with Gasteiger partial charge in [0.05, 0.1) is 26.9 Å². The van der Waals surface area contributed by atoms with E-state index in [1.54, 1.807) is 43.3 Å². The number of anilines is 1. The van der Waals surface area contributed by atoms with Gasteiger partial charge in [0.25, 0.3) is 5.56 Å². The minimum atomic E-state index is -0.661. The van der Waals surface area contributed by atoms with Crippen LogP contribution >= 0.6 is 23.4 Å². The van der Waals surface area contributed by atoms with Crippen molar-refractivity contribution in [3.8, 4) is 5.69 Å². The number of benzene rings is 3. The molecule has 0 aliphatic rings. The Labute approximate surface area is 202 Å². The fourth-order valence-corrected chi connectivity index (χ4v) is 4.32. The Kier molecular flexibility index (Phi) is 6.67. The van der Waals surface area contributed by atoms with Crippen molar-refractivity contribution in [2.45, 2.75) is 17.3 Å². The third-order valence-corrected chi connectivity index (χ3v) is 6.34. The summed E-state index contributed by atoms with van der Waals surface area (Å²) in [6, 6.07) is 16.9. The highest BCUT2D eigenvalue weighted by atomic mass is 35.5. The lowest BCUT2D eigenvalue weighted by atomic mass is 10.2. The number of primary amides is 1. The van der Waals surface area contributed by atoms with Crippen molar-refractivity contribution in [1.82, 2.24) is 9.55 Å². The molecular weight excluding hydrogens is 479 g/mol. The zero-order valence-electron chi connectivity index (χ0n) is 17.8. The van der Waals surface area contributed by atoms with Crippen LogP contribution in [0.4, 0.5) is 10.1 Å². The second kappa shape index (κ2) is 9.66. The number of thioether (sulfide) groups is 1. The maximum atomic E-state index is 13.7. The molecule has 0 saturated heterocycles. The molecule has 0 spiro atoms. The number of amides is 2. The fraction of sp³-hybridized carbons (Fsp3) is 0.0833. The number of rotatable bonds is 6. The first-order valence-electron chi connectivity index (χ1n) is 10.1. The number of carbonyl (C=O) groups is 2. The van der Waals surface area contributed by atoms with Gasteiger partial charge < -0.3 is 11.1 Å². The molecule has 10 heteroatoms. The lowest BCUT2D eigenvalue weighted by molar-refractivity contribution is -0.115. The Hall–Kier alpha value is -3.69. The number of nitrogens with one attached hydrogen (secondary N) is 1. The maximum absolute atomic E-state index is 13.7. The summed E-state index contributed by atoms with van der Waals surface area (Å²) in [6.45, 7) is 1.67. The largest absolute Gasteiger partial charge is 0.366 e. The van der Waals surface area contributed by atoms with E-state index in [0.717, 1.165) is 11.8 Å². The van der Waals surface area contributed by atoms with E-state index in [2.05, 4.69) is 10.3 Å². The molecule has 3 aromatic carbocycles. The van der Waals surface area contributed by atoms with E-state index in [4.69, 9.17) is 17.3 Å². The standard InChI is InChI=1S/C24H18ClFN4O3S/c1-13(22(32)28-15-8-6-14(7-9-15)21(27)31)34-24-29-20-5-3-2-4-17(20)23(33)30(24)16-10-11-19(26)18(25)12-16/h2-13H,1H3,(H2,27,31)(H,28,32)/t13-/m1/s1. The van der Waals surface area contributed by atoms with Crippen LogP contribution in [0.3, 0.4) is 0 Å². The van der Waals surface area contributed by atoms with Crippen molar-refractivity contribution in [2.75, 3.05) is 5.32 Å². The van der Waals surface area contributed by atoms with E-state index in [1.807, 2.05) is 0 Å². The van der Waals surface area contributed by atoms with Gasteiger partial charge in [0.15, 0.2) is 5.16 Å². The molecule has 1 heterocycles. The van der Waals surface area contributed by atoms with Crippen molar-refractivity contribution in [1.29, 1.82) is 0 Å². The number of hydrogen-bond donors (Lipinski definition) is 2. The number of carbonyl (C=O) groups excluding carboxylic acids is 2. The summed E-state index contributed by atoms with van der Waals surface area (Å²) in [5, 5.41) is 2.58. The van der Waals surface area contributed by atoms with E-state index < -0.39 is 17.0 Å². The van der Waals surface area contributed by atoms with Gasteiger partial charge in [0.2, 0.25) is 11.8 Å². The Morgan fingerprint density at radius 2 is 1.82 bits per heavy atom. The van der Waals surface area contributed by atoms with Gasteiger partial charge in [-0.1, -0.05) is 35.5 Å². The van der Waals surface area contributed by atoms with Gasteiger partial charge >= 0.3 is 0 Å². The molecular formula is C24H18ClFN4O3S. The second-order valence-electron chi connectivity index (χ2n) is 7.34. The summed E-state index contributed by atoms with van der Waals surface area (Å²) in [6.07, 6.45) is 0. The third kappa shape index (κ3) is 4.80. The van der Waals surface area contributed by atoms with Crippen molar-refractivity contribution in [2.24, 2.45) is 5.73 Å². The van der Waals surface area contributed by atoms with E-state index >= 15 is 0 Å². The number of nitrogens with two attached hydrogens (primary N) is 1. The molecule has 0 aliphatic heterocycles. The predicted octanol–water partition coefficient (Wildman–Crippen LogP) is 4.40. The van der Waals surface area contributed by atoms with Crippen molar-refractivity contribution in [3.63, 3.8) is 0 Å². The fourth-order valence-electron chi connectivity index (χ4n) is 3.22. The van der Waals surface area contributed by atoms with Gasteiger partial charge in [-0.2, -0.15) is 0 Å². The number of fused-ring (bicyclic) bond motifs is 1. The van der Waals surface area contributed by atoms with Crippen molar-refractivity contribution in [3.05, 3.63) is 93.5 Å². The summed E-state index contributed by atoms with van der Waals surface area (Å²) >= 11 is 7.02. The molecule has 1 aromatic heterocycles. The van der Waals surface area contributed by atoms with Gasteiger partial charge in [-0.05, 0) is 61.5 Å². The molecule has 0 bridgehead atoms. The van der Waals surface area contributed by atoms with E-state index in [1.165, 1.54) is 34.9 Å². The van der Waals surface area contributed by atoms with Crippen LogP contribution in [0.1, 0.15) is 17.3 Å². The molecule has 3 N–H and O–H groups in total. The van der Waals surface area contributed by atoms with Gasteiger partial charge in [-0.3, -0.25) is 19.0 Å². The molecule has 0 aliphatic carbocycles. The number of hydrogen-bond acceptors (Lipinski definition) is 5. The lowest BCUT2D eigenvalue weighted by Crippen LogP contribution is -2.26. The molecule has 2 amide bonds. The summed E-state index contributed by atoms with van der Waals surface area (Å²) in [4.78, 5) is 41.9. The van der Waals surface area contributed by atoms with Gasteiger partial charge in [-0.25, -0.2) is 9.37 Å².